The second-order valence-electron chi connectivity index (χ2n) is 30.8. The third-order valence-electron chi connectivity index (χ3n) is 24.0. The van der Waals surface area contributed by atoms with E-state index in [0.29, 0.717) is 11.4 Å². The molecule has 12 aromatic carbocycles. The first-order chi connectivity index (χ1) is 57.5. The van der Waals surface area contributed by atoms with Crippen molar-refractivity contribution in [1.82, 2.24) is 29.9 Å². The summed E-state index contributed by atoms with van der Waals surface area (Å²) in [5, 5.41) is 0. The van der Waals surface area contributed by atoms with E-state index in [2.05, 4.69) is 303 Å². The van der Waals surface area contributed by atoms with Crippen molar-refractivity contribution >= 4 is 0 Å². The van der Waals surface area contributed by atoms with E-state index in [0.717, 1.165) is 230 Å². The summed E-state index contributed by atoms with van der Waals surface area (Å²) >= 11 is 0. The fraction of sp³-hybridized carbons (Fsp3) is 0.0727. The van der Waals surface area contributed by atoms with Gasteiger partial charge in [-0.3, -0.25) is 0 Å². The van der Waals surface area contributed by atoms with Gasteiger partial charge in [0, 0.05) is 24.8 Å². The summed E-state index contributed by atoms with van der Waals surface area (Å²) < 4.78 is 0. The maximum absolute atomic E-state index is 5.16. The molecule has 118 heavy (non-hydrogen) atoms. The SMILES string of the molecule is [Ir+3].[Ir+3].[c-]1cc(-c2ccccc2-c2cc(-c3ccccc3-c3c[c-]c4c(c3)CCc3cccnc3-4)cc(-c3ccccc3-c3c[c-]c4c(c3)CCc3cccnc3-4)c2)cnc1-c1[c-]cc(-c2ccccc2-c2cc(-c3ccccc3-c3c[c-]c4c(c3)CCc3cccnc3-4)cc(-c3ccccc3-c3c[c-]c4c(c3)CCc3cccnc3-4)c2)cn1. The molecule has 6 heterocycles. The number of aryl methyl sites for hydroxylation is 8. The van der Waals surface area contributed by atoms with E-state index in [-0.39, 0.29) is 40.2 Å². The van der Waals surface area contributed by atoms with Crippen LogP contribution in [-0.2, 0) is 91.6 Å². The Hall–Kier alpha value is -13.2. The quantitative estimate of drug-likeness (QED) is 0.107. The molecule has 18 aromatic rings. The number of pyridine rings is 6. The minimum atomic E-state index is 0. The Balaban J connectivity index is 0.00000447. The van der Waals surface area contributed by atoms with Crippen LogP contribution in [0.25, 0.3) is 190 Å². The van der Waals surface area contributed by atoms with Crippen LogP contribution in [0.3, 0.4) is 0 Å². The van der Waals surface area contributed by atoms with Crippen molar-refractivity contribution < 1.29 is 40.2 Å². The van der Waals surface area contributed by atoms with Crippen molar-refractivity contribution in [2.75, 3.05) is 0 Å². The van der Waals surface area contributed by atoms with Gasteiger partial charge in [0.25, 0.3) is 0 Å². The van der Waals surface area contributed by atoms with E-state index in [4.69, 9.17) is 29.9 Å². The van der Waals surface area contributed by atoms with E-state index in [1.807, 2.05) is 61.4 Å². The fourth-order valence-corrected chi connectivity index (χ4v) is 18.4. The van der Waals surface area contributed by atoms with Crippen LogP contribution < -0.4 is 0 Å². The van der Waals surface area contributed by atoms with Crippen LogP contribution in [0.15, 0.2) is 328 Å². The van der Waals surface area contributed by atoms with Crippen LogP contribution in [0, 0.1) is 36.4 Å². The van der Waals surface area contributed by atoms with Crippen LogP contribution in [0.4, 0.5) is 0 Å². The minimum Gasteiger partial charge on any atom is -0.357 e. The van der Waals surface area contributed by atoms with Crippen molar-refractivity contribution in [2.45, 2.75) is 51.4 Å². The summed E-state index contributed by atoms with van der Waals surface area (Å²) in [6.45, 7) is 0. The van der Waals surface area contributed by atoms with Crippen molar-refractivity contribution in [3.05, 3.63) is 409 Å². The number of rotatable bonds is 13. The number of hydrogen-bond donors (Lipinski definition) is 0. The normalized spacial score (nSPS) is 12.5. The molecule has 0 saturated heterocycles. The van der Waals surface area contributed by atoms with Gasteiger partial charge in [-0.15, -0.1) is 129 Å². The first kappa shape index (κ1) is 73.7. The third-order valence-corrected chi connectivity index (χ3v) is 24.0. The summed E-state index contributed by atoms with van der Waals surface area (Å²) in [4.78, 5) is 29.7. The molecule has 0 bridgehead atoms. The zero-order chi connectivity index (χ0) is 76.6. The molecule has 4 aliphatic carbocycles. The Morgan fingerprint density at radius 3 is 0.585 bits per heavy atom. The molecular formula is C110H70Ir2N6. The molecule has 0 saturated carbocycles. The van der Waals surface area contributed by atoms with Crippen molar-refractivity contribution in [3.63, 3.8) is 0 Å². The van der Waals surface area contributed by atoms with Gasteiger partial charge in [0.15, 0.2) is 0 Å². The molecule has 558 valence electrons. The zero-order valence-electron chi connectivity index (χ0n) is 64.2. The first-order valence-corrected chi connectivity index (χ1v) is 40.1. The molecule has 4 aliphatic rings. The Labute approximate surface area is 715 Å². The molecule has 8 heteroatoms. The summed E-state index contributed by atoms with van der Waals surface area (Å²) in [6.07, 6.45) is 19.0. The van der Waals surface area contributed by atoms with Gasteiger partial charge in [-0.05, 0) is 188 Å². The van der Waals surface area contributed by atoms with Crippen LogP contribution >= 0.6 is 0 Å². The van der Waals surface area contributed by atoms with Crippen molar-refractivity contribution in [1.29, 1.82) is 0 Å². The monoisotopic (exact) mass is 1860 g/mol. The van der Waals surface area contributed by atoms with Gasteiger partial charge in [0.2, 0.25) is 0 Å². The molecule has 22 rings (SSSR count). The Morgan fingerprint density at radius 2 is 0.373 bits per heavy atom. The minimum absolute atomic E-state index is 0. The maximum Gasteiger partial charge on any atom is 3.00 e. The second kappa shape index (κ2) is 31.5. The predicted molar refractivity (Wildman–Crippen MR) is 468 cm³/mol. The Morgan fingerprint density at radius 1 is 0.178 bits per heavy atom. The number of benzene rings is 12. The van der Waals surface area contributed by atoms with Gasteiger partial charge < -0.3 is 29.9 Å². The number of fused-ring (bicyclic) bond motifs is 12. The van der Waals surface area contributed by atoms with Crippen LogP contribution in [0.2, 0.25) is 0 Å². The van der Waals surface area contributed by atoms with E-state index in [1.54, 1.807) is 0 Å². The maximum atomic E-state index is 5.16. The number of hydrogen-bond acceptors (Lipinski definition) is 6. The van der Waals surface area contributed by atoms with E-state index >= 15 is 0 Å². The van der Waals surface area contributed by atoms with E-state index in [9.17, 15) is 0 Å². The van der Waals surface area contributed by atoms with Crippen molar-refractivity contribution in [2.24, 2.45) is 0 Å². The molecule has 6 nitrogen and oxygen atoms in total. The number of aromatic nitrogens is 6. The van der Waals surface area contributed by atoms with Gasteiger partial charge >= 0.3 is 40.2 Å². The number of nitrogens with zero attached hydrogens (tertiary/aromatic N) is 6. The summed E-state index contributed by atoms with van der Waals surface area (Å²) in [5.41, 5.74) is 46.2. The van der Waals surface area contributed by atoms with Gasteiger partial charge in [-0.1, -0.05) is 285 Å². The van der Waals surface area contributed by atoms with Crippen LogP contribution in [-0.4, -0.2) is 29.9 Å². The van der Waals surface area contributed by atoms with Gasteiger partial charge in [0.1, 0.15) is 0 Å². The summed E-state index contributed by atoms with van der Waals surface area (Å²) in [7, 11) is 0. The Bertz CT molecular complexity index is 6240. The summed E-state index contributed by atoms with van der Waals surface area (Å²) in [5.74, 6) is 0. The smallest absolute Gasteiger partial charge is 0.357 e. The van der Waals surface area contributed by atoms with E-state index in [1.165, 1.54) is 44.5 Å². The molecule has 0 aliphatic heterocycles. The molecule has 0 unspecified atom stereocenters. The van der Waals surface area contributed by atoms with E-state index < -0.39 is 0 Å². The van der Waals surface area contributed by atoms with Gasteiger partial charge in [-0.2, -0.15) is 12.1 Å². The van der Waals surface area contributed by atoms with Crippen LogP contribution in [0.1, 0.15) is 44.5 Å². The molecular weight excluding hydrogens is 1790 g/mol. The third kappa shape index (κ3) is 13.5. The van der Waals surface area contributed by atoms with Gasteiger partial charge in [-0.25, -0.2) is 12.1 Å². The second-order valence-corrected chi connectivity index (χ2v) is 30.8. The van der Waals surface area contributed by atoms with Crippen molar-refractivity contribution in [3.8, 4) is 190 Å². The van der Waals surface area contributed by atoms with Crippen LogP contribution in [0.5, 0.6) is 0 Å². The average molecular weight is 1860 g/mol. The molecule has 6 aromatic heterocycles. The summed E-state index contributed by atoms with van der Waals surface area (Å²) in [6, 6.07) is 128. The molecule has 0 N–H and O–H groups in total. The molecule has 0 amide bonds. The molecule has 0 atom stereocenters. The Kier molecular flexibility index (Phi) is 19.7. The zero-order valence-corrected chi connectivity index (χ0v) is 69.0. The largest absolute Gasteiger partial charge is 3.00 e. The standard InChI is InChI=1S/C110H70N6.2Ir/c1-7-27-95(89(21-1)73-41-47-101-77(57-73)37-33-69-17-13-53-111-107(69)101)83-61-84(96-28-8-2-22-90(96)74-42-48-102-78(58-74)38-34-70-18-14-54-112-108(70)102)64-87(63-83)99-31-11-5-25-93(99)81-45-51-105(115-67-81)106-52-46-82(68-116-106)94-26-6-12-32-100(94)88-65-85(97-29-9-3-23-91(97)75-43-49-103-79(59-75)39-35-71-19-15-55-113-109(71)103)62-86(66-88)98-30-10-4-24-92(98)76-44-50-104-80(60-76)40-36-72-20-16-56-114-110(72)104;;/h1-32,41-46,53-68H,33-40H2;;/q-6;2*+3. The molecule has 0 fully saturated rings. The topological polar surface area (TPSA) is 77.3 Å². The molecule has 0 radical (unpaired) electrons. The average Bonchev–Trinajstić information content (AvgIpc) is 0.762. The molecule has 0 spiro atoms. The first-order valence-electron chi connectivity index (χ1n) is 40.1. The predicted octanol–water partition coefficient (Wildman–Crippen LogP) is 25.6. The fourth-order valence-electron chi connectivity index (χ4n) is 18.4. The van der Waals surface area contributed by atoms with Gasteiger partial charge in [0.05, 0.1) is 0 Å².